The Morgan fingerprint density at radius 1 is 1.35 bits per heavy atom. The van der Waals surface area contributed by atoms with Crippen molar-refractivity contribution in [1.82, 2.24) is 5.32 Å². The molecule has 2 atom stereocenters. The van der Waals surface area contributed by atoms with E-state index < -0.39 is 0 Å². The fraction of sp³-hybridized carbons (Fsp3) is 0.571. The second kappa shape index (κ2) is 4.99. The van der Waals surface area contributed by atoms with Crippen LogP contribution < -0.4 is 5.32 Å². The molecule has 1 aliphatic carbocycles. The smallest absolute Gasteiger partial charge is 0.123 e. The Balaban J connectivity index is 1.63. The van der Waals surface area contributed by atoms with Crippen LogP contribution >= 0.6 is 11.8 Å². The molecule has 1 aromatic rings. The highest BCUT2D eigenvalue weighted by atomic mass is 32.2. The Hall–Kier alpha value is -0.540. The number of nitrogens with one attached hydrogen (secondary N) is 1. The molecule has 1 aliphatic heterocycles. The van der Waals surface area contributed by atoms with Gasteiger partial charge >= 0.3 is 0 Å². The van der Waals surface area contributed by atoms with E-state index in [1.54, 1.807) is 12.1 Å². The summed E-state index contributed by atoms with van der Waals surface area (Å²) < 4.78 is 13.1. The summed E-state index contributed by atoms with van der Waals surface area (Å²) in [5.41, 5.74) is 2.51. The quantitative estimate of drug-likeness (QED) is 0.885. The molecule has 1 heterocycles. The summed E-state index contributed by atoms with van der Waals surface area (Å²) >= 11 is 2.06. The first kappa shape index (κ1) is 11.5. The highest BCUT2D eigenvalue weighted by Gasteiger charge is 2.24. The highest BCUT2D eigenvalue weighted by molar-refractivity contribution is 7.99. The fourth-order valence-corrected chi connectivity index (χ4v) is 4.14. The van der Waals surface area contributed by atoms with Gasteiger partial charge in [0.15, 0.2) is 0 Å². The van der Waals surface area contributed by atoms with Crippen molar-refractivity contribution in [1.29, 1.82) is 0 Å². The molecule has 1 saturated heterocycles. The van der Waals surface area contributed by atoms with E-state index in [9.17, 15) is 4.39 Å². The van der Waals surface area contributed by atoms with Crippen LogP contribution in [0.1, 0.15) is 30.0 Å². The minimum atomic E-state index is -0.100. The Morgan fingerprint density at radius 3 is 3.12 bits per heavy atom. The van der Waals surface area contributed by atoms with E-state index in [1.165, 1.54) is 29.1 Å². The Labute approximate surface area is 106 Å². The van der Waals surface area contributed by atoms with Gasteiger partial charge < -0.3 is 5.32 Å². The number of hydrogen-bond donors (Lipinski definition) is 1. The van der Waals surface area contributed by atoms with Crippen molar-refractivity contribution >= 4 is 11.8 Å². The molecule has 0 amide bonds. The summed E-state index contributed by atoms with van der Waals surface area (Å²) in [6, 6.07) is 5.70. The van der Waals surface area contributed by atoms with Gasteiger partial charge in [0.2, 0.25) is 0 Å². The minimum Gasteiger partial charge on any atom is -0.310 e. The van der Waals surface area contributed by atoms with E-state index in [4.69, 9.17) is 0 Å². The van der Waals surface area contributed by atoms with Crippen LogP contribution in [0.3, 0.4) is 0 Å². The van der Waals surface area contributed by atoms with Gasteiger partial charge in [-0.3, -0.25) is 0 Å². The molecule has 3 heteroatoms. The summed E-state index contributed by atoms with van der Waals surface area (Å²) in [6.07, 6.45) is 3.49. The molecule has 1 N–H and O–H groups in total. The van der Waals surface area contributed by atoms with Crippen LogP contribution in [0, 0.1) is 11.7 Å². The first-order chi connectivity index (χ1) is 8.33. The molecule has 92 valence electrons. The van der Waals surface area contributed by atoms with Crippen LogP contribution in [0.4, 0.5) is 4.39 Å². The molecular weight excluding hydrogens is 233 g/mol. The minimum absolute atomic E-state index is 0.100. The van der Waals surface area contributed by atoms with E-state index in [-0.39, 0.29) is 5.82 Å². The molecule has 0 saturated carbocycles. The van der Waals surface area contributed by atoms with Crippen molar-refractivity contribution in [3.63, 3.8) is 0 Å². The van der Waals surface area contributed by atoms with Gasteiger partial charge in [0, 0.05) is 6.04 Å². The third-order valence-corrected chi connectivity index (χ3v) is 5.09. The van der Waals surface area contributed by atoms with Gasteiger partial charge in [-0.2, -0.15) is 11.8 Å². The average Bonchev–Trinajstić information content (AvgIpc) is 2.94. The summed E-state index contributed by atoms with van der Waals surface area (Å²) in [6.45, 7) is 1.12. The standard InChI is InChI=1S/C14H18FNS/c15-12-2-3-13-11(7-12)1-4-14(13)16-8-10-5-6-17-9-10/h2-3,7,10,14,16H,1,4-6,8-9H2. The second-order valence-corrected chi connectivity index (χ2v) is 6.22. The molecule has 0 bridgehead atoms. The van der Waals surface area contributed by atoms with Crippen LogP contribution in [-0.4, -0.2) is 18.1 Å². The number of hydrogen-bond acceptors (Lipinski definition) is 2. The predicted octanol–water partition coefficient (Wildman–Crippen LogP) is 3.16. The van der Waals surface area contributed by atoms with Gasteiger partial charge in [-0.25, -0.2) is 4.39 Å². The molecule has 2 unspecified atom stereocenters. The monoisotopic (exact) mass is 251 g/mol. The van der Waals surface area contributed by atoms with Crippen molar-refractivity contribution in [2.75, 3.05) is 18.1 Å². The predicted molar refractivity (Wildman–Crippen MR) is 70.9 cm³/mol. The molecule has 0 radical (unpaired) electrons. The molecule has 2 aliphatic rings. The topological polar surface area (TPSA) is 12.0 Å². The molecule has 0 spiro atoms. The Morgan fingerprint density at radius 2 is 2.29 bits per heavy atom. The third-order valence-electron chi connectivity index (χ3n) is 3.86. The van der Waals surface area contributed by atoms with Crippen LogP contribution in [-0.2, 0) is 6.42 Å². The zero-order valence-electron chi connectivity index (χ0n) is 9.92. The summed E-state index contributed by atoms with van der Waals surface area (Å²) in [5, 5.41) is 3.66. The fourth-order valence-electron chi connectivity index (χ4n) is 2.85. The van der Waals surface area contributed by atoms with Gasteiger partial charge in [-0.05, 0) is 66.5 Å². The van der Waals surface area contributed by atoms with E-state index in [0.717, 1.165) is 25.3 Å². The molecule has 3 rings (SSSR count). The number of fused-ring (bicyclic) bond motifs is 1. The largest absolute Gasteiger partial charge is 0.310 e. The van der Waals surface area contributed by atoms with Gasteiger partial charge in [-0.1, -0.05) is 6.07 Å². The maximum absolute atomic E-state index is 13.1. The van der Waals surface area contributed by atoms with Gasteiger partial charge in [0.05, 0.1) is 0 Å². The van der Waals surface area contributed by atoms with Gasteiger partial charge in [-0.15, -0.1) is 0 Å². The summed E-state index contributed by atoms with van der Waals surface area (Å²) in [4.78, 5) is 0. The number of aryl methyl sites for hydroxylation is 1. The number of halogens is 1. The number of thioether (sulfide) groups is 1. The van der Waals surface area contributed by atoms with E-state index >= 15 is 0 Å². The lowest BCUT2D eigenvalue weighted by atomic mass is 10.1. The van der Waals surface area contributed by atoms with E-state index in [1.807, 2.05) is 6.07 Å². The van der Waals surface area contributed by atoms with Crippen LogP contribution in [0.2, 0.25) is 0 Å². The molecule has 17 heavy (non-hydrogen) atoms. The van der Waals surface area contributed by atoms with Gasteiger partial charge in [0.1, 0.15) is 5.82 Å². The number of rotatable bonds is 3. The SMILES string of the molecule is Fc1ccc2c(c1)CCC2NCC1CCSC1. The molecule has 1 fully saturated rings. The molecular formula is C14H18FNS. The molecule has 1 aromatic carbocycles. The Bertz CT molecular complexity index is 401. The maximum Gasteiger partial charge on any atom is 0.123 e. The first-order valence-electron chi connectivity index (χ1n) is 6.42. The van der Waals surface area contributed by atoms with E-state index in [2.05, 4.69) is 17.1 Å². The third kappa shape index (κ3) is 2.50. The van der Waals surface area contributed by atoms with Crippen LogP contribution in [0.5, 0.6) is 0 Å². The van der Waals surface area contributed by atoms with Crippen molar-refractivity contribution in [3.8, 4) is 0 Å². The number of benzene rings is 1. The second-order valence-electron chi connectivity index (χ2n) is 5.07. The lowest BCUT2D eigenvalue weighted by molar-refractivity contribution is 0.457. The molecule has 1 nitrogen and oxygen atoms in total. The summed E-state index contributed by atoms with van der Waals surface area (Å²) in [7, 11) is 0. The van der Waals surface area contributed by atoms with Crippen molar-refractivity contribution < 1.29 is 4.39 Å². The van der Waals surface area contributed by atoms with Crippen molar-refractivity contribution in [3.05, 3.63) is 35.1 Å². The van der Waals surface area contributed by atoms with Crippen molar-refractivity contribution in [2.24, 2.45) is 5.92 Å². The summed E-state index contributed by atoms with van der Waals surface area (Å²) in [5.74, 6) is 3.36. The first-order valence-corrected chi connectivity index (χ1v) is 7.58. The lowest BCUT2D eigenvalue weighted by Gasteiger charge is -2.17. The van der Waals surface area contributed by atoms with E-state index in [0.29, 0.717) is 6.04 Å². The Kier molecular flexibility index (Phi) is 3.39. The maximum atomic E-state index is 13.1. The van der Waals surface area contributed by atoms with Crippen molar-refractivity contribution in [2.45, 2.75) is 25.3 Å². The lowest BCUT2D eigenvalue weighted by Crippen LogP contribution is -2.26. The molecule has 0 aromatic heterocycles. The normalized spacial score (nSPS) is 27.4. The van der Waals surface area contributed by atoms with Gasteiger partial charge in [0.25, 0.3) is 0 Å². The zero-order valence-corrected chi connectivity index (χ0v) is 10.7. The van der Waals surface area contributed by atoms with Crippen LogP contribution in [0.25, 0.3) is 0 Å². The zero-order chi connectivity index (χ0) is 11.7. The van der Waals surface area contributed by atoms with Crippen LogP contribution in [0.15, 0.2) is 18.2 Å². The average molecular weight is 251 g/mol. The highest BCUT2D eigenvalue weighted by Crippen LogP contribution is 2.32.